The number of aldehydes is 1. The molecule has 0 saturated carbocycles. The summed E-state index contributed by atoms with van der Waals surface area (Å²) in [6.45, 7) is 0.455. The van der Waals surface area contributed by atoms with Crippen molar-refractivity contribution in [2.75, 3.05) is 6.61 Å². The lowest BCUT2D eigenvalue weighted by atomic mass is 10.2. The maximum absolute atomic E-state index is 12.4. The van der Waals surface area contributed by atoms with Gasteiger partial charge in [-0.3, -0.25) is 4.79 Å². The summed E-state index contributed by atoms with van der Waals surface area (Å²) in [6.07, 6.45) is 1.66. The van der Waals surface area contributed by atoms with Crippen LogP contribution in [0.1, 0.15) is 29.6 Å². The Morgan fingerprint density at radius 3 is 2.54 bits per heavy atom. The molecule has 1 fully saturated rings. The summed E-state index contributed by atoms with van der Waals surface area (Å²) in [7, 11) is -5.95. The third-order valence-electron chi connectivity index (χ3n) is 3.07. The molecular formula is C13H12ClF3O6S. The number of carbonyl (C=O) groups is 1. The SMILES string of the molecule is O=Cc1c(Cl)cc(O[C@H]2CCCCO2)cc1OS(=O)(=O)C(F)(F)F. The molecule has 1 aliphatic heterocycles. The third kappa shape index (κ3) is 4.31. The monoisotopic (exact) mass is 388 g/mol. The fourth-order valence-electron chi connectivity index (χ4n) is 1.94. The van der Waals surface area contributed by atoms with E-state index in [4.69, 9.17) is 21.1 Å². The van der Waals surface area contributed by atoms with Crippen LogP contribution in [0.4, 0.5) is 13.2 Å². The van der Waals surface area contributed by atoms with Gasteiger partial charge in [0.25, 0.3) is 0 Å². The average molecular weight is 389 g/mol. The van der Waals surface area contributed by atoms with Crippen LogP contribution in [0.15, 0.2) is 12.1 Å². The molecule has 1 atom stereocenters. The minimum Gasteiger partial charge on any atom is -0.465 e. The summed E-state index contributed by atoms with van der Waals surface area (Å²) < 4.78 is 74.3. The van der Waals surface area contributed by atoms with E-state index in [-0.39, 0.29) is 17.1 Å². The van der Waals surface area contributed by atoms with Crippen LogP contribution < -0.4 is 8.92 Å². The molecule has 0 spiro atoms. The van der Waals surface area contributed by atoms with E-state index in [1.54, 1.807) is 0 Å². The van der Waals surface area contributed by atoms with Gasteiger partial charge in [-0.25, -0.2) is 0 Å². The van der Waals surface area contributed by atoms with Crippen molar-refractivity contribution >= 4 is 28.0 Å². The van der Waals surface area contributed by atoms with Crippen LogP contribution in [0, 0.1) is 0 Å². The molecule has 1 heterocycles. The number of ether oxygens (including phenoxy) is 2. The zero-order valence-corrected chi connectivity index (χ0v) is 13.6. The van der Waals surface area contributed by atoms with E-state index in [9.17, 15) is 26.4 Å². The summed E-state index contributed by atoms with van der Waals surface area (Å²) in [6, 6.07) is 2.01. The third-order valence-corrected chi connectivity index (χ3v) is 4.35. The molecule has 0 bridgehead atoms. The smallest absolute Gasteiger partial charge is 0.465 e. The first-order valence-electron chi connectivity index (χ1n) is 6.72. The van der Waals surface area contributed by atoms with Gasteiger partial charge in [-0.1, -0.05) is 11.6 Å². The number of halogens is 4. The second kappa shape index (κ2) is 7.16. The van der Waals surface area contributed by atoms with Gasteiger partial charge >= 0.3 is 15.6 Å². The molecule has 0 aromatic heterocycles. The molecule has 6 nitrogen and oxygen atoms in total. The molecule has 0 N–H and O–H groups in total. The Morgan fingerprint density at radius 1 is 1.29 bits per heavy atom. The zero-order valence-electron chi connectivity index (χ0n) is 12.0. The number of rotatable bonds is 5. The van der Waals surface area contributed by atoms with Crippen LogP contribution in [-0.4, -0.2) is 33.1 Å². The van der Waals surface area contributed by atoms with E-state index in [0.717, 1.165) is 25.0 Å². The first-order valence-corrected chi connectivity index (χ1v) is 8.50. The molecule has 1 saturated heterocycles. The molecule has 24 heavy (non-hydrogen) atoms. The Kier molecular flexibility index (Phi) is 5.61. The first kappa shape index (κ1) is 18.8. The highest BCUT2D eigenvalue weighted by molar-refractivity contribution is 7.88. The van der Waals surface area contributed by atoms with Gasteiger partial charge in [-0.15, -0.1) is 0 Å². The molecule has 1 aromatic rings. The lowest BCUT2D eigenvalue weighted by Crippen LogP contribution is -2.28. The van der Waals surface area contributed by atoms with Gasteiger partial charge in [-0.05, 0) is 18.9 Å². The first-order chi connectivity index (χ1) is 11.1. The minimum atomic E-state index is -5.95. The van der Waals surface area contributed by atoms with Crippen molar-refractivity contribution in [3.8, 4) is 11.5 Å². The van der Waals surface area contributed by atoms with Crippen molar-refractivity contribution in [2.45, 2.75) is 31.1 Å². The van der Waals surface area contributed by atoms with Crippen LogP contribution in [0.2, 0.25) is 5.02 Å². The summed E-state index contributed by atoms with van der Waals surface area (Å²) in [5.41, 5.74) is -6.19. The van der Waals surface area contributed by atoms with Crippen molar-refractivity contribution in [1.29, 1.82) is 0 Å². The molecule has 11 heteroatoms. The topological polar surface area (TPSA) is 78.9 Å². The van der Waals surface area contributed by atoms with Gasteiger partial charge in [0, 0.05) is 12.5 Å². The van der Waals surface area contributed by atoms with Crippen molar-refractivity contribution in [3.63, 3.8) is 0 Å². The summed E-state index contributed by atoms with van der Waals surface area (Å²) in [5.74, 6) is -0.953. The number of carbonyl (C=O) groups excluding carboxylic acids is 1. The zero-order chi connectivity index (χ0) is 18.0. The molecule has 0 amide bonds. The molecular weight excluding hydrogens is 377 g/mol. The Bertz CT molecular complexity index is 713. The largest absolute Gasteiger partial charge is 0.534 e. The summed E-state index contributed by atoms with van der Waals surface area (Å²) >= 11 is 5.79. The van der Waals surface area contributed by atoms with E-state index in [0.29, 0.717) is 13.0 Å². The summed E-state index contributed by atoms with van der Waals surface area (Å²) in [5, 5.41) is -0.314. The standard InChI is InChI=1S/C13H12ClF3O6S/c14-10-5-8(22-12-3-1-2-4-21-12)6-11(9(10)7-18)23-24(19,20)13(15,16)17/h5-7,12H,1-4H2/t12-/m0/s1. The normalized spacial score (nSPS) is 18.9. The van der Waals surface area contributed by atoms with Crippen LogP contribution in [-0.2, 0) is 14.9 Å². The number of alkyl halides is 3. The molecule has 2 rings (SSSR count). The molecule has 1 aliphatic rings. The van der Waals surface area contributed by atoms with Crippen LogP contribution >= 0.6 is 11.6 Å². The molecule has 0 aliphatic carbocycles. The van der Waals surface area contributed by atoms with Crippen LogP contribution in [0.3, 0.4) is 0 Å². The van der Waals surface area contributed by atoms with Gasteiger partial charge < -0.3 is 13.7 Å². The molecule has 0 unspecified atom stereocenters. The van der Waals surface area contributed by atoms with E-state index in [2.05, 4.69) is 4.18 Å². The lowest BCUT2D eigenvalue weighted by Gasteiger charge is -2.24. The van der Waals surface area contributed by atoms with Gasteiger partial charge in [0.15, 0.2) is 18.3 Å². The number of hydrogen-bond donors (Lipinski definition) is 0. The van der Waals surface area contributed by atoms with Gasteiger partial charge in [-0.2, -0.15) is 21.6 Å². The Hall–Kier alpha value is -1.52. The van der Waals surface area contributed by atoms with Gasteiger partial charge in [0.05, 0.1) is 17.2 Å². The Balaban J connectivity index is 2.33. The Morgan fingerprint density at radius 2 is 2.00 bits per heavy atom. The highest BCUT2D eigenvalue weighted by Gasteiger charge is 2.49. The second-order valence-electron chi connectivity index (χ2n) is 4.83. The van der Waals surface area contributed by atoms with Gasteiger partial charge in [0.2, 0.25) is 0 Å². The maximum atomic E-state index is 12.4. The van der Waals surface area contributed by atoms with Crippen LogP contribution in [0.5, 0.6) is 11.5 Å². The van der Waals surface area contributed by atoms with E-state index < -0.39 is 33.2 Å². The second-order valence-corrected chi connectivity index (χ2v) is 6.78. The van der Waals surface area contributed by atoms with Crippen molar-refractivity contribution in [3.05, 3.63) is 22.7 Å². The van der Waals surface area contributed by atoms with E-state index >= 15 is 0 Å². The van der Waals surface area contributed by atoms with E-state index in [1.807, 2.05) is 0 Å². The predicted octanol–water partition coefficient (Wildman–Crippen LogP) is 3.29. The van der Waals surface area contributed by atoms with Gasteiger partial charge in [0.1, 0.15) is 5.75 Å². The minimum absolute atomic E-state index is 0.0788. The maximum Gasteiger partial charge on any atom is 0.534 e. The number of benzene rings is 1. The van der Waals surface area contributed by atoms with E-state index in [1.165, 1.54) is 0 Å². The van der Waals surface area contributed by atoms with Crippen LogP contribution in [0.25, 0.3) is 0 Å². The predicted molar refractivity (Wildman–Crippen MR) is 76.7 cm³/mol. The molecule has 0 radical (unpaired) electrons. The van der Waals surface area contributed by atoms with Crippen molar-refractivity contribution in [2.24, 2.45) is 0 Å². The quantitative estimate of drug-likeness (QED) is 0.437. The molecule has 134 valence electrons. The lowest BCUT2D eigenvalue weighted by molar-refractivity contribution is -0.105. The highest BCUT2D eigenvalue weighted by Crippen LogP contribution is 2.35. The molecule has 1 aromatic carbocycles. The van der Waals surface area contributed by atoms with Crippen molar-refractivity contribution < 1.29 is 40.0 Å². The van der Waals surface area contributed by atoms with Crippen molar-refractivity contribution in [1.82, 2.24) is 0 Å². The average Bonchev–Trinajstić information content (AvgIpc) is 2.46. The number of hydrogen-bond acceptors (Lipinski definition) is 6. The fraction of sp³-hybridized carbons (Fsp3) is 0.462. The fourth-order valence-corrected chi connectivity index (χ4v) is 2.66. The summed E-state index contributed by atoms with van der Waals surface area (Å²) in [4.78, 5) is 11.0. The Labute approximate surface area is 140 Å². The highest BCUT2D eigenvalue weighted by atomic mass is 35.5.